The van der Waals surface area contributed by atoms with Gasteiger partial charge >= 0.3 is 6.03 Å². The van der Waals surface area contributed by atoms with E-state index in [1.165, 1.54) is 0 Å². The van der Waals surface area contributed by atoms with Crippen LogP contribution in [0.2, 0.25) is 0 Å². The summed E-state index contributed by atoms with van der Waals surface area (Å²) < 4.78 is 5.54. The lowest BCUT2D eigenvalue weighted by atomic mass is 10.2. The lowest BCUT2D eigenvalue weighted by molar-refractivity contribution is 0.0115. The van der Waals surface area contributed by atoms with Crippen molar-refractivity contribution in [2.75, 3.05) is 19.8 Å². The van der Waals surface area contributed by atoms with Crippen molar-refractivity contribution in [3.63, 3.8) is 0 Å². The molecule has 2 aromatic heterocycles. The highest BCUT2D eigenvalue weighted by Gasteiger charge is 2.30. The van der Waals surface area contributed by atoms with Gasteiger partial charge in [0.1, 0.15) is 11.0 Å². The molecule has 1 aliphatic heterocycles. The quantitative estimate of drug-likeness (QED) is 0.937. The van der Waals surface area contributed by atoms with Crippen LogP contribution in [0.1, 0.15) is 27.9 Å². The number of aromatic nitrogens is 2. The number of morpholine rings is 1. The number of pyridine rings is 1. The van der Waals surface area contributed by atoms with Gasteiger partial charge in [0.25, 0.3) is 0 Å². The number of nitrogens with zero attached hydrogens (tertiary/aromatic N) is 3. The van der Waals surface area contributed by atoms with Crippen LogP contribution in [0.4, 0.5) is 4.79 Å². The Morgan fingerprint density at radius 2 is 2.35 bits per heavy atom. The molecule has 1 fully saturated rings. The zero-order valence-electron chi connectivity index (χ0n) is 13.3. The summed E-state index contributed by atoms with van der Waals surface area (Å²) in [5.41, 5.74) is 3.05. The number of carbonyl (C=O) groups excluding carboxylic acids is 1. The second-order valence-corrected chi connectivity index (χ2v) is 6.53. The predicted octanol–water partition coefficient (Wildman–Crippen LogP) is 2.44. The third-order valence-electron chi connectivity index (χ3n) is 3.69. The fourth-order valence-electron chi connectivity index (χ4n) is 2.57. The van der Waals surface area contributed by atoms with Crippen LogP contribution in [0.15, 0.2) is 23.8 Å². The molecule has 0 aliphatic carbocycles. The standard InChI is InChI=1S/C16H20N4O2S/c1-11-5-13(7-17-6-11)8-18-16(21)20-3-4-22-9-14(20)15-19-12(2)10-23-15/h5-7,10,14H,3-4,8-9H2,1-2H3,(H,18,21)/t14-/m1/s1. The molecule has 2 aromatic rings. The molecule has 1 atom stereocenters. The van der Waals surface area contributed by atoms with E-state index in [-0.39, 0.29) is 12.1 Å². The molecule has 23 heavy (non-hydrogen) atoms. The molecule has 0 spiro atoms. The highest BCUT2D eigenvalue weighted by Crippen LogP contribution is 2.26. The molecule has 0 saturated carbocycles. The molecule has 2 amide bonds. The molecule has 122 valence electrons. The lowest BCUT2D eigenvalue weighted by Gasteiger charge is -2.34. The minimum Gasteiger partial charge on any atom is -0.377 e. The topological polar surface area (TPSA) is 67.4 Å². The Morgan fingerprint density at radius 3 is 3.09 bits per heavy atom. The molecule has 1 aliphatic rings. The zero-order chi connectivity index (χ0) is 16.2. The Morgan fingerprint density at radius 1 is 1.48 bits per heavy atom. The molecule has 0 radical (unpaired) electrons. The largest absolute Gasteiger partial charge is 0.377 e. The number of amides is 2. The summed E-state index contributed by atoms with van der Waals surface area (Å²) in [7, 11) is 0. The zero-order valence-corrected chi connectivity index (χ0v) is 14.1. The molecule has 3 rings (SSSR count). The molecule has 1 N–H and O–H groups in total. The van der Waals surface area contributed by atoms with Gasteiger partial charge in [0, 0.05) is 36.6 Å². The highest BCUT2D eigenvalue weighted by molar-refractivity contribution is 7.09. The highest BCUT2D eigenvalue weighted by atomic mass is 32.1. The van der Waals surface area contributed by atoms with Crippen LogP contribution >= 0.6 is 11.3 Å². The summed E-state index contributed by atoms with van der Waals surface area (Å²) in [5.74, 6) is 0. The molecule has 0 aromatic carbocycles. The van der Waals surface area contributed by atoms with Crippen LogP contribution in [0.5, 0.6) is 0 Å². The van der Waals surface area contributed by atoms with Crippen LogP contribution < -0.4 is 5.32 Å². The number of hydrogen-bond acceptors (Lipinski definition) is 5. The van der Waals surface area contributed by atoms with E-state index in [1.807, 2.05) is 30.2 Å². The van der Waals surface area contributed by atoms with E-state index in [1.54, 1.807) is 23.7 Å². The predicted molar refractivity (Wildman–Crippen MR) is 88.3 cm³/mol. The number of rotatable bonds is 3. The van der Waals surface area contributed by atoms with Crippen LogP contribution in [-0.2, 0) is 11.3 Å². The Bertz CT molecular complexity index is 688. The minimum absolute atomic E-state index is 0.0901. The van der Waals surface area contributed by atoms with E-state index in [0.717, 1.165) is 21.8 Å². The number of aryl methyl sites for hydroxylation is 2. The number of ether oxygens (including phenoxy) is 1. The first kappa shape index (κ1) is 15.9. The maximum atomic E-state index is 12.6. The van der Waals surface area contributed by atoms with Crippen molar-refractivity contribution in [1.29, 1.82) is 0 Å². The Kier molecular flexibility index (Phi) is 4.88. The Labute approximate surface area is 139 Å². The second kappa shape index (κ2) is 7.06. The van der Waals surface area contributed by atoms with Crippen LogP contribution in [0.3, 0.4) is 0 Å². The van der Waals surface area contributed by atoms with E-state index < -0.39 is 0 Å². The van der Waals surface area contributed by atoms with Crippen LogP contribution in [-0.4, -0.2) is 40.7 Å². The minimum atomic E-state index is -0.113. The monoisotopic (exact) mass is 332 g/mol. The summed E-state index contributed by atoms with van der Waals surface area (Å²) in [6.45, 7) is 6.03. The van der Waals surface area contributed by atoms with E-state index in [4.69, 9.17) is 4.74 Å². The number of urea groups is 1. The smallest absolute Gasteiger partial charge is 0.318 e. The average molecular weight is 332 g/mol. The number of nitrogens with one attached hydrogen (secondary N) is 1. The summed E-state index contributed by atoms with van der Waals surface area (Å²) in [5, 5.41) is 5.89. The molecular formula is C16H20N4O2S. The third-order valence-corrected chi connectivity index (χ3v) is 4.75. The van der Waals surface area contributed by atoms with Gasteiger partial charge in [0.15, 0.2) is 0 Å². The number of thiazole rings is 1. The number of carbonyl (C=O) groups is 1. The first-order valence-electron chi connectivity index (χ1n) is 7.58. The Hall–Kier alpha value is -1.99. The first-order valence-corrected chi connectivity index (χ1v) is 8.46. The molecule has 0 bridgehead atoms. The van der Waals surface area contributed by atoms with Crippen molar-refractivity contribution >= 4 is 17.4 Å². The fraction of sp³-hybridized carbons (Fsp3) is 0.438. The van der Waals surface area contributed by atoms with Gasteiger partial charge in [-0.25, -0.2) is 9.78 Å². The van der Waals surface area contributed by atoms with Gasteiger partial charge in [0.05, 0.1) is 13.2 Å². The van der Waals surface area contributed by atoms with Crippen molar-refractivity contribution in [2.45, 2.75) is 26.4 Å². The fourth-order valence-corrected chi connectivity index (χ4v) is 3.46. The molecule has 3 heterocycles. The van der Waals surface area contributed by atoms with Crippen molar-refractivity contribution in [3.8, 4) is 0 Å². The van der Waals surface area contributed by atoms with Gasteiger partial charge in [-0.05, 0) is 25.0 Å². The number of hydrogen-bond donors (Lipinski definition) is 1. The molecule has 1 saturated heterocycles. The lowest BCUT2D eigenvalue weighted by Crippen LogP contribution is -2.47. The maximum Gasteiger partial charge on any atom is 0.318 e. The van der Waals surface area contributed by atoms with Crippen LogP contribution in [0, 0.1) is 13.8 Å². The molecule has 0 unspecified atom stereocenters. The average Bonchev–Trinajstić information content (AvgIpc) is 2.99. The van der Waals surface area contributed by atoms with Gasteiger partial charge in [0.2, 0.25) is 0 Å². The van der Waals surface area contributed by atoms with Gasteiger partial charge in [-0.3, -0.25) is 4.98 Å². The molecule has 7 heteroatoms. The summed E-state index contributed by atoms with van der Waals surface area (Å²) in [4.78, 5) is 23.0. The molecule has 6 nitrogen and oxygen atoms in total. The Balaban J connectivity index is 1.66. The maximum absolute atomic E-state index is 12.6. The van der Waals surface area contributed by atoms with Gasteiger partial charge < -0.3 is 15.0 Å². The van der Waals surface area contributed by atoms with Crippen molar-refractivity contribution in [3.05, 3.63) is 45.7 Å². The van der Waals surface area contributed by atoms with Gasteiger partial charge in [-0.1, -0.05) is 6.07 Å². The SMILES string of the molecule is Cc1cncc(CNC(=O)N2CCOC[C@@H]2c2nc(C)cs2)c1. The van der Waals surface area contributed by atoms with Crippen LogP contribution in [0.25, 0.3) is 0 Å². The van der Waals surface area contributed by atoms with E-state index in [0.29, 0.717) is 26.3 Å². The van der Waals surface area contributed by atoms with Gasteiger partial charge in [-0.15, -0.1) is 11.3 Å². The summed E-state index contributed by atoms with van der Waals surface area (Å²) in [6, 6.07) is 1.82. The first-order chi connectivity index (χ1) is 11.1. The van der Waals surface area contributed by atoms with E-state index in [2.05, 4.69) is 15.3 Å². The van der Waals surface area contributed by atoms with Crippen molar-refractivity contribution in [1.82, 2.24) is 20.2 Å². The second-order valence-electron chi connectivity index (χ2n) is 5.64. The summed E-state index contributed by atoms with van der Waals surface area (Å²) >= 11 is 1.57. The van der Waals surface area contributed by atoms with E-state index >= 15 is 0 Å². The van der Waals surface area contributed by atoms with E-state index in [9.17, 15) is 4.79 Å². The normalized spacial score (nSPS) is 18.0. The van der Waals surface area contributed by atoms with Gasteiger partial charge in [-0.2, -0.15) is 0 Å². The summed E-state index contributed by atoms with van der Waals surface area (Å²) in [6.07, 6.45) is 3.57. The van der Waals surface area contributed by atoms with Crippen molar-refractivity contribution in [2.24, 2.45) is 0 Å². The molecular weight excluding hydrogens is 312 g/mol. The van der Waals surface area contributed by atoms with Crippen molar-refractivity contribution < 1.29 is 9.53 Å². The third kappa shape index (κ3) is 3.86.